The summed E-state index contributed by atoms with van der Waals surface area (Å²) in [6, 6.07) is 4.20. The van der Waals surface area contributed by atoms with Gasteiger partial charge in [-0.15, -0.1) is 5.10 Å². The van der Waals surface area contributed by atoms with Crippen LogP contribution in [0.1, 0.15) is 64.6 Å². The molecule has 2 unspecified atom stereocenters. The quantitative estimate of drug-likeness (QED) is 0.708. The van der Waals surface area contributed by atoms with Gasteiger partial charge in [0.25, 0.3) is 0 Å². The summed E-state index contributed by atoms with van der Waals surface area (Å²) >= 11 is 0. The largest absolute Gasteiger partial charge is 0.480 e. The molecule has 0 aromatic carbocycles. The summed E-state index contributed by atoms with van der Waals surface area (Å²) in [4.78, 5) is 0. The Kier molecular flexibility index (Phi) is 8.19. The smallest absolute Gasteiger partial charge is 0.233 e. The van der Waals surface area contributed by atoms with Crippen LogP contribution in [0.15, 0.2) is 12.1 Å². The second-order valence-electron chi connectivity index (χ2n) is 5.26. The molecule has 0 radical (unpaired) electrons. The van der Waals surface area contributed by atoms with Crippen LogP contribution >= 0.6 is 0 Å². The zero-order valence-corrected chi connectivity index (χ0v) is 13.4. The second kappa shape index (κ2) is 9.70. The molecule has 1 aromatic heterocycles. The average Bonchev–Trinajstić information content (AvgIpc) is 2.50. The molecule has 1 aromatic rings. The van der Waals surface area contributed by atoms with Crippen molar-refractivity contribution in [2.24, 2.45) is 5.92 Å². The highest BCUT2D eigenvalue weighted by Gasteiger charge is 2.17. The van der Waals surface area contributed by atoms with Gasteiger partial charge in [0, 0.05) is 6.07 Å². The number of rotatable bonds is 10. The van der Waals surface area contributed by atoms with Crippen LogP contribution in [0.3, 0.4) is 0 Å². The normalized spacial score (nSPS) is 14.0. The predicted octanol–water partition coefficient (Wildman–Crippen LogP) is 3.74. The lowest BCUT2D eigenvalue weighted by atomic mass is 9.91. The fraction of sp³-hybridized carbons (Fsp3) is 0.750. The van der Waals surface area contributed by atoms with E-state index in [-0.39, 0.29) is 0 Å². The molecule has 4 nitrogen and oxygen atoms in total. The Balaban J connectivity index is 2.70. The van der Waals surface area contributed by atoms with E-state index in [0.29, 0.717) is 11.9 Å². The van der Waals surface area contributed by atoms with Gasteiger partial charge >= 0.3 is 0 Å². The maximum absolute atomic E-state index is 5.07. The number of hydrogen-bond donors (Lipinski definition) is 1. The molecule has 1 heterocycles. The lowest BCUT2D eigenvalue weighted by Crippen LogP contribution is -2.24. The van der Waals surface area contributed by atoms with E-state index in [2.05, 4.69) is 36.3 Å². The van der Waals surface area contributed by atoms with E-state index in [9.17, 15) is 0 Å². The molecule has 0 aliphatic rings. The van der Waals surface area contributed by atoms with E-state index in [1.807, 2.05) is 12.1 Å². The van der Waals surface area contributed by atoms with Crippen molar-refractivity contribution in [2.75, 3.05) is 13.7 Å². The standard InChI is InChI=1S/C16H29N3O/c1-5-8-9-13(6-2)12-15(17-7-3)14-10-11-16(20-4)19-18-14/h10-11,13,15,17H,5-9,12H2,1-4H3. The molecule has 0 aliphatic carbocycles. The third kappa shape index (κ3) is 5.45. The van der Waals surface area contributed by atoms with Crippen molar-refractivity contribution >= 4 is 0 Å². The molecular weight excluding hydrogens is 250 g/mol. The molecule has 0 saturated carbocycles. The summed E-state index contributed by atoms with van der Waals surface area (Å²) in [7, 11) is 1.61. The number of nitrogens with zero attached hydrogens (tertiary/aromatic N) is 2. The fourth-order valence-corrected chi connectivity index (χ4v) is 2.49. The summed E-state index contributed by atoms with van der Waals surface area (Å²) in [5.41, 5.74) is 1.02. The topological polar surface area (TPSA) is 47.0 Å². The third-order valence-corrected chi connectivity index (χ3v) is 3.79. The van der Waals surface area contributed by atoms with Gasteiger partial charge in [-0.3, -0.25) is 0 Å². The number of hydrogen-bond acceptors (Lipinski definition) is 4. The van der Waals surface area contributed by atoms with Crippen LogP contribution in [0.2, 0.25) is 0 Å². The maximum atomic E-state index is 5.07. The Morgan fingerprint density at radius 3 is 2.50 bits per heavy atom. The molecule has 114 valence electrons. The minimum Gasteiger partial charge on any atom is -0.480 e. The number of ether oxygens (including phenoxy) is 1. The molecule has 1 rings (SSSR count). The first-order valence-electron chi connectivity index (χ1n) is 7.86. The molecule has 1 N–H and O–H groups in total. The molecular formula is C16H29N3O. The van der Waals surface area contributed by atoms with Crippen LogP contribution in [0.5, 0.6) is 5.88 Å². The van der Waals surface area contributed by atoms with Crippen LogP contribution in [0, 0.1) is 5.92 Å². The molecule has 0 bridgehead atoms. The predicted molar refractivity (Wildman–Crippen MR) is 82.9 cm³/mol. The van der Waals surface area contributed by atoms with Gasteiger partial charge in [0.15, 0.2) is 0 Å². The van der Waals surface area contributed by atoms with Crippen LogP contribution in [0.25, 0.3) is 0 Å². The first-order chi connectivity index (χ1) is 9.74. The highest BCUT2D eigenvalue weighted by Crippen LogP contribution is 2.26. The molecule has 2 atom stereocenters. The zero-order chi connectivity index (χ0) is 14.8. The monoisotopic (exact) mass is 279 g/mol. The second-order valence-corrected chi connectivity index (χ2v) is 5.26. The van der Waals surface area contributed by atoms with E-state index < -0.39 is 0 Å². The van der Waals surface area contributed by atoms with Crippen LogP contribution in [0.4, 0.5) is 0 Å². The fourth-order valence-electron chi connectivity index (χ4n) is 2.49. The summed E-state index contributed by atoms with van der Waals surface area (Å²) in [5.74, 6) is 1.32. The molecule has 0 aliphatic heterocycles. The van der Waals surface area contributed by atoms with E-state index in [1.54, 1.807) is 7.11 Å². The van der Waals surface area contributed by atoms with Crippen molar-refractivity contribution in [1.29, 1.82) is 0 Å². The number of unbranched alkanes of at least 4 members (excludes halogenated alkanes) is 1. The van der Waals surface area contributed by atoms with E-state index in [4.69, 9.17) is 4.74 Å². The van der Waals surface area contributed by atoms with E-state index in [1.165, 1.54) is 25.7 Å². The number of methoxy groups -OCH3 is 1. The molecule has 0 fully saturated rings. The van der Waals surface area contributed by atoms with Crippen molar-refractivity contribution in [3.05, 3.63) is 17.8 Å². The van der Waals surface area contributed by atoms with E-state index >= 15 is 0 Å². The summed E-state index contributed by atoms with van der Waals surface area (Å²) < 4.78 is 5.07. The van der Waals surface area contributed by atoms with Crippen molar-refractivity contribution in [2.45, 2.75) is 58.9 Å². The van der Waals surface area contributed by atoms with Gasteiger partial charge in [-0.05, 0) is 24.9 Å². The molecule has 0 saturated heterocycles. The van der Waals surface area contributed by atoms with Crippen LogP contribution in [-0.4, -0.2) is 23.9 Å². The van der Waals surface area contributed by atoms with Gasteiger partial charge in [-0.2, -0.15) is 5.10 Å². The molecule has 0 amide bonds. The summed E-state index contributed by atoms with van der Waals surface area (Å²) in [6.45, 7) is 7.62. The van der Waals surface area contributed by atoms with Gasteiger partial charge in [0.2, 0.25) is 5.88 Å². The van der Waals surface area contributed by atoms with Gasteiger partial charge in [0.05, 0.1) is 18.8 Å². The summed E-state index contributed by atoms with van der Waals surface area (Å²) in [5, 5.41) is 11.9. The minimum absolute atomic E-state index is 0.292. The molecule has 20 heavy (non-hydrogen) atoms. The van der Waals surface area contributed by atoms with Crippen molar-refractivity contribution in [1.82, 2.24) is 15.5 Å². The molecule has 4 heteroatoms. The van der Waals surface area contributed by atoms with Gasteiger partial charge in [0.1, 0.15) is 0 Å². The van der Waals surface area contributed by atoms with Gasteiger partial charge in [-0.1, -0.05) is 46.5 Å². The third-order valence-electron chi connectivity index (χ3n) is 3.79. The average molecular weight is 279 g/mol. The zero-order valence-electron chi connectivity index (χ0n) is 13.4. The highest BCUT2D eigenvalue weighted by atomic mass is 16.5. The Morgan fingerprint density at radius 2 is 2.00 bits per heavy atom. The molecule has 0 spiro atoms. The van der Waals surface area contributed by atoms with E-state index in [0.717, 1.165) is 24.6 Å². The Bertz CT molecular complexity index is 353. The Hall–Kier alpha value is -1.16. The van der Waals surface area contributed by atoms with Crippen molar-refractivity contribution in [3.63, 3.8) is 0 Å². The number of nitrogens with one attached hydrogen (secondary N) is 1. The maximum Gasteiger partial charge on any atom is 0.233 e. The van der Waals surface area contributed by atoms with Gasteiger partial charge in [-0.25, -0.2) is 0 Å². The van der Waals surface area contributed by atoms with Crippen molar-refractivity contribution in [3.8, 4) is 5.88 Å². The van der Waals surface area contributed by atoms with Crippen LogP contribution < -0.4 is 10.1 Å². The Morgan fingerprint density at radius 1 is 1.20 bits per heavy atom. The first kappa shape index (κ1) is 16.9. The minimum atomic E-state index is 0.292. The Labute approximate surface area is 123 Å². The van der Waals surface area contributed by atoms with Crippen molar-refractivity contribution < 1.29 is 4.74 Å². The number of aromatic nitrogens is 2. The lowest BCUT2D eigenvalue weighted by Gasteiger charge is -2.23. The summed E-state index contributed by atoms with van der Waals surface area (Å²) in [6.07, 6.45) is 6.24. The first-order valence-corrected chi connectivity index (χ1v) is 7.86. The van der Waals surface area contributed by atoms with Crippen LogP contribution in [-0.2, 0) is 0 Å². The SMILES string of the molecule is CCCCC(CC)CC(NCC)c1ccc(OC)nn1. The lowest BCUT2D eigenvalue weighted by molar-refractivity contribution is 0.348. The van der Waals surface area contributed by atoms with Gasteiger partial charge < -0.3 is 10.1 Å². The highest BCUT2D eigenvalue weighted by molar-refractivity contribution is 5.14.